The van der Waals surface area contributed by atoms with Gasteiger partial charge in [0.2, 0.25) is 0 Å². The van der Waals surface area contributed by atoms with Gasteiger partial charge in [-0.25, -0.2) is 4.98 Å². The second-order valence-electron chi connectivity index (χ2n) is 3.49. The van der Waals surface area contributed by atoms with Crippen LogP contribution in [0, 0.1) is 0 Å². The van der Waals surface area contributed by atoms with Crippen molar-refractivity contribution in [3.05, 3.63) is 35.5 Å². The lowest BCUT2D eigenvalue weighted by Gasteiger charge is -2.07. The molecule has 0 saturated heterocycles. The van der Waals surface area contributed by atoms with Crippen LogP contribution in [0.2, 0.25) is 0 Å². The number of anilines is 1. The number of carbonyl (C=O) groups is 1. The third-order valence-corrected chi connectivity index (χ3v) is 2.31. The van der Waals surface area contributed by atoms with Crippen molar-refractivity contribution in [2.45, 2.75) is 6.18 Å². The highest BCUT2D eigenvalue weighted by Crippen LogP contribution is 2.29. The standard InChI is InChI=1S/C11H7F3N2O/c12-11(13,14)10-2-1-6-3-8(15)7(5-17)4-9(6)16-10/h1-5H,15H2. The molecule has 2 N–H and O–H groups in total. The number of benzene rings is 1. The van der Waals surface area contributed by atoms with Crippen molar-refractivity contribution in [1.82, 2.24) is 4.98 Å². The van der Waals surface area contributed by atoms with Crippen LogP contribution in [0.15, 0.2) is 24.3 Å². The van der Waals surface area contributed by atoms with Gasteiger partial charge in [-0.15, -0.1) is 0 Å². The molecular formula is C11H7F3N2O. The predicted octanol–water partition coefficient (Wildman–Crippen LogP) is 2.65. The molecule has 2 aromatic rings. The van der Waals surface area contributed by atoms with Crippen molar-refractivity contribution >= 4 is 22.9 Å². The van der Waals surface area contributed by atoms with E-state index in [4.69, 9.17) is 5.73 Å². The number of nitrogens with two attached hydrogens (primary N) is 1. The van der Waals surface area contributed by atoms with Crippen molar-refractivity contribution in [2.75, 3.05) is 5.73 Å². The molecule has 17 heavy (non-hydrogen) atoms. The number of fused-ring (bicyclic) bond motifs is 1. The summed E-state index contributed by atoms with van der Waals surface area (Å²) in [5.74, 6) is 0. The molecule has 0 aliphatic rings. The van der Waals surface area contributed by atoms with Gasteiger partial charge in [-0.1, -0.05) is 6.07 Å². The van der Waals surface area contributed by atoms with E-state index in [-0.39, 0.29) is 16.8 Å². The molecule has 2 rings (SSSR count). The molecule has 1 aromatic carbocycles. The number of halogens is 3. The minimum atomic E-state index is -4.50. The first-order valence-electron chi connectivity index (χ1n) is 4.64. The molecule has 0 aliphatic carbocycles. The van der Waals surface area contributed by atoms with E-state index in [0.29, 0.717) is 11.7 Å². The molecule has 0 atom stereocenters. The van der Waals surface area contributed by atoms with Crippen LogP contribution in [-0.4, -0.2) is 11.3 Å². The van der Waals surface area contributed by atoms with Crippen molar-refractivity contribution in [2.24, 2.45) is 0 Å². The second-order valence-corrected chi connectivity index (χ2v) is 3.49. The van der Waals surface area contributed by atoms with Crippen molar-refractivity contribution in [1.29, 1.82) is 0 Å². The van der Waals surface area contributed by atoms with Crippen LogP contribution in [0.25, 0.3) is 10.9 Å². The van der Waals surface area contributed by atoms with E-state index in [2.05, 4.69) is 4.98 Å². The Labute approximate surface area is 94.1 Å². The summed E-state index contributed by atoms with van der Waals surface area (Å²) in [6.45, 7) is 0. The molecular weight excluding hydrogens is 233 g/mol. The average Bonchev–Trinajstić information content (AvgIpc) is 2.26. The summed E-state index contributed by atoms with van der Waals surface area (Å²) in [6, 6.07) is 4.82. The molecule has 1 heterocycles. The summed E-state index contributed by atoms with van der Waals surface area (Å²) in [5.41, 5.74) is 4.99. The van der Waals surface area contributed by atoms with E-state index in [1.165, 1.54) is 18.2 Å². The lowest BCUT2D eigenvalue weighted by Crippen LogP contribution is -2.07. The Hall–Kier alpha value is -2.11. The molecule has 0 saturated carbocycles. The maximum absolute atomic E-state index is 12.4. The number of pyridine rings is 1. The molecule has 0 fully saturated rings. The fourth-order valence-electron chi connectivity index (χ4n) is 1.46. The molecule has 0 spiro atoms. The zero-order chi connectivity index (χ0) is 12.6. The number of aromatic nitrogens is 1. The van der Waals surface area contributed by atoms with Crippen LogP contribution in [-0.2, 0) is 6.18 Å². The van der Waals surface area contributed by atoms with Crippen LogP contribution in [0.5, 0.6) is 0 Å². The predicted molar refractivity (Wildman–Crippen MR) is 56.5 cm³/mol. The first-order valence-corrected chi connectivity index (χ1v) is 4.64. The normalized spacial score (nSPS) is 11.7. The summed E-state index contributed by atoms with van der Waals surface area (Å²) in [6.07, 6.45) is -4.02. The lowest BCUT2D eigenvalue weighted by atomic mass is 10.1. The number of nitrogens with zero attached hydrogens (tertiary/aromatic N) is 1. The summed E-state index contributed by atoms with van der Waals surface area (Å²) >= 11 is 0. The number of hydrogen-bond donors (Lipinski definition) is 1. The monoisotopic (exact) mass is 240 g/mol. The van der Waals surface area contributed by atoms with Gasteiger partial charge in [-0.05, 0) is 18.2 Å². The van der Waals surface area contributed by atoms with Crippen LogP contribution >= 0.6 is 0 Å². The Bertz CT molecular complexity index is 593. The Morgan fingerprint density at radius 3 is 2.53 bits per heavy atom. The summed E-state index contributed by atoms with van der Waals surface area (Å²) in [4.78, 5) is 14.1. The van der Waals surface area contributed by atoms with Gasteiger partial charge in [-0.2, -0.15) is 13.2 Å². The van der Waals surface area contributed by atoms with Crippen LogP contribution in [0.4, 0.5) is 18.9 Å². The lowest BCUT2D eigenvalue weighted by molar-refractivity contribution is -0.140. The average molecular weight is 240 g/mol. The first kappa shape index (κ1) is 11.4. The number of carbonyl (C=O) groups excluding carboxylic acids is 1. The largest absolute Gasteiger partial charge is 0.433 e. The molecule has 0 aliphatic heterocycles. The third-order valence-electron chi connectivity index (χ3n) is 2.31. The Morgan fingerprint density at radius 1 is 1.24 bits per heavy atom. The van der Waals surface area contributed by atoms with Crippen molar-refractivity contribution in [3.63, 3.8) is 0 Å². The highest BCUT2D eigenvalue weighted by Gasteiger charge is 2.32. The molecule has 0 unspecified atom stereocenters. The Kier molecular flexibility index (Phi) is 2.49. The zero-order valence-electron chi connectivity index (χ0n) is 8.45. The van der Waals surface area contributed by atoms with Gasteiger partial charge in [0.15, 0.2) is 6.29 Å². The topological polar surface area (TPSA) is 56.0 Å². The number of alkyl halides is 3. The van der Waals surface area contributed by atoms with E-state index >= 15 is 0 Å². The van der Waals surface area contributed by atoms with E-state index in [1.54, 1.807) is 0 Å². The second kappa shape index (κ2) is 3.73. The SMILES string of the molecule is Nc1cc2ccc(C(F)(F)F)nc2cc1C=O. The quantitative estimate of drug-likeness (QED) is 0.615. The highest BCUT2D eigenvalue weighted by atomic mass is 19.4. The summed E-state index contributed by atoms with van der Waals surface area (Å²) in [7, 11) is 0. The van der Waals surface area contributed by atoms with E-state index in [0.717, 1.165) is 6.07 Å². The van der Waals surface area contributed by atoms with Crippen molar-refractivity contribution < 1.29 is 18.0 Å². The maximum atomic E-state index is 12.4. The minimum absolute atomic E-state index is 0.0936. The molecule has 88 valence electrons. The number of rotatable bonds is 1. The van der Waals surface area contributed by atoms with Crippen molar-refractivity contribution in [3.8, 4) is 0 Å². The maximum Gasteiger partial charge on any atom is 0.433 e. The number of nitrogen functional groups attached to an aromatic ring is 1. The third kappa shape index (κ3) is 2.06. The van der Waals surface area contributed by atoms with Gasteiger partial charge in [0.1, 0.15) is 5.69 Å². The van der Waals surface area contributed by atoms with E-state index in [9.17, 15) is 18.0 Å². The number of hydrogen-bond acceptors (Lipinski definition) is 3. The van der Waals surface area contributed by atoms with Gasteiger partial charge >= 0.3 is 6.18 Å². The molecule has 0 radical (unpaired) electrons. The van der Waals surface area contributed by atoms with Gasteiger partial charge in [0.25, 0.3) is 0 Å². The molecule has 0 bridgehead atoms. The fourth-order valence-corrected chi connectivity index (χ4v) is 1.46. The van der Waals surface area contributed by atoms with E-state index < -0.39 is 11.9 Å². The fraction of sp³-hybridized carbons (Fsp3) is 0.0909. The van der Waals surface area contributed by atoms with Gasteiger partial charge in [0.05, 0.1) is 5.52 Å². The molecule has 1 aromatic heterocycles. The van der Waals surface area contributed by atoms with Crippen LogP contribution in [0.3, 0.4) is 0 Å². The highest BCUT2D eigenvalue weighted by molar-refractivity contribution is 5.93. The zero-order valence-corrected chi connectivity index (χ0v) is 8.45. The number of aldehydes is 1. The Balaban J connectivity index is 2.69. The summed E-state index contributed by atoms with van der Waals surface area (Å²) in [5, 5.41) is 0.459. The summed E-state index contributed by atoms with van der Waals surface area (Å²) < 4.78 is 37.3. The van der Waals surface area contributed by atoms with Gasteiger partial charge < -0.3 is 5.73 Å². The smallest absolute Gasteiger partial charge is 0.398 e. The van der Waals surface area contributed by atoms with Crippen LogP contribution in [0.1, 0.15) is 16.1 Å². The first-order chi connectivity index (χ1) is 7.91. The molecule has 3 nitrogen and oxygen atoms in total. The minimum Gasteiger partial charge on any atom is -0.398 e. The van der Waals surface area contributed by atoms with Gasteiger partial charge in [0, 0.05) is 16.6 Å². The molecule has 6 heteroatoms. The Morgan fingerprint density at radius 2 is 1.94 bits per heavy atom. The van der Waals surface area contributed by atoms with Gasteiger partial charge in [-0.3, -0.25) is 4.79 Å². The molecule has 0 amide bonds. The van der Waals surface area contributed by atoms with Crippen LogP contribution < -0.4 is 5.73 Å². The van der Waals surface area contributed by atoms with E-state index in [1.807, 2.05) is 0 Å².